The third kappa shape index (κ3) is 2.52. The Morgan fingerprint density at radius 1 is 1.00 bits per heavy atom. The summed E-state index contributed by atoms with van der Waals surface area (Å²) in [5, 5.41) is 2.14. The predicted molar refractivity (Wildman–Crippen MR) is 106 cm³/mol. The van der Waals surface area contributed by atoms with Gasteiger partial charge in [0.25, 0.3) is 0 Å². The van der Waals surface area contributed by atoms with Crippen LogP contribution >= 0.6 is 0 Å². The van der Waals surface area contributed by atoms with Gasteiger partial charge in [0.2, 0.25) is 5.89 Å². The number of benzene rings is 3. The van der Waals surface area contributed by atoms with E-state index < -0.39 is 0 Å². The molecule has 2 aromatic heterocycles. The number of nitrogens with two attached hydrogens (primary N) is 1. The summed E-state index contributed by atoms with van der Waals surface area (Å²) in [5.74, 6) is 1.95. The van der Waals surface area contributed by atoms with Gasteiger partial charge in [0.05, 0.1) is 18.9 Å². The lowest BCUT2D eigenvalue weighted by Crippen LogP contribution is -1.91. The van der Waals surface area contributed by atoms with Crippen molar-refractivity contribution in [1.82, 2.24) is 4.98 Å². The fraction of sp³-hybridized carbons (Fsp3) is 0.0455. The van der Waals surface area contributed by atoms with Crippen LogP contribution in [0.4, 0.5) is 5.69 Å². The number of oxazole rings is 1. The summed E-state index contributed by atoms with van der Waals surface area (Å²) in [5.41, 5.74) is 9.64. The molecular weight excluding hydrogens is 340 g/mol. The first-order chi connectivity index (χ1) is 13.2. The van der Waals surface area contributed by atoms with Gasteiger partial charge in [-0.05, 0) is 36.4 Å². The van der Waals surface area contributed by atoms with Crippen LogP contribution in [0.15, 0.2) is 75.8 Å². The fourth-order valence-electron chi connectivity index (χ4n) is 3.29. The average molecular weight is 356 g/mol. The van der Waals surface area contributed by atoms with Crippen molar-refractivity contribution >= 4 is 27.6 Å². The Kier molecular flexibility index (Phi) is 3.40. The molecule has 0 atom stereocenters. The Balaban J connectivity index is 1.65. The molecule has 0 amide bonds. The Bertz CT molecular complexity index is 1280. The van der Waals surface area contributed by atoms with E-state index in [1.165, 1.54) is 0 Å². The number of aromatic nitrogens is 1. The summed E-state index contributed by atoms with van der Waals surface area (Å²) < 4.78 is 17.1. The van der Waals surface area contributed by atoms with Gasteiger partial charge in [0.15, 0.2) is 5.58 Å². The van der Waals surface area contributed by atoms with Crippen molar-refractivity contribution in [2.75, 3.05) is 12.8 Å². The predicted octanol–water partition coefficient (Wildman–Crippen LogP) is 5.50. The number of anilines is 1. The standard InChI is InChI=1S/C22H16N2O3/c1-25-19-9-7-15(23)11-17(19)22-24-18-10-13(6-8-20(18)27-22)21-16-5-3-2-4-14(16)12-26-21/h2-12H,23H2,1H3. The Labute approximate surface area is 155 Å². The molecule has 0 spiro atoms. The molecule has 0 saturated carbocycles. The van der Waals surface area contributed by atoms with Gasteiger partial charge in [0.1, 0.15) is 17.0 Å². The third-order valence-electron chi connectivity index (χ3n) is 4.61. The van der Waals surface area contributed by atoms with Gasteiger partial charge in [-0.15, -0.1) is 0 Å². The molecule has 5 nitrogen and oxygen atoms in total. The number of nitrogens with zero attached hydrogens (tertiary/aromatic N) is 1. The van der Waals surface area contributed by atoms with Gasteiger partial charge in [0, 0.05) is 22.0 Å². The lowest BCUT2D eigenvalue weighted by molar-refractivity contribution is 0.415. The molecular formula is C22H16N2O3. The average Bonchev–Trinajstić information content (AvgIpc) is 3.31. The molecule has 0 unspecified atom stereocenters. The molecule has 0 aliphatic rings. The van der Waals surface area contributed by atoms with Crippen molar-refractivity contribution in [2.24, 2.45) is 0 Å². The molecule has 0 radical (unpaired) electrons. The van der Waals surface area contributed by atoms with Gasteiger partial charge in [-0.3, -0.25) is 0 Å². The summed E-state index contributed by atoms with van der Waals surface area (Å²) in [6.07, 6.45) is 1.76. The van der Waals surface area contributed by atoms with E-state index in [2.05, 4.69) is 4.98 Å². The maximum atomic E-state index is 5.93. The number of furan rings is 1. The number of fused-ring (bicyclic) bond motifs is 2. The van der Waals surface area contributed by atoms with E-state index in [1.54, 1.807) is 31.6 Å². The first-order valence-electron chi connectivity index (χ1n) is 8.54. The van der Waals surface area contributed by atoms with Gasteiger partial charge in [-0.1, -0.05) is 24.3 Å². The summed E-state index contributed by atoms with van der Waals surface area (Å²) in [6, 6.07) is 19.3. The van der Waals surface area contributed by atoms with Gasteiger partial charge in [-0.2, -0.15) is 0 Å². The van der Waals surface area contributed by atoms with Crippen LogP contribution in [-0.4, -0.2) is 12.1 Å². The number of hydrogen-bond donors (Lipinski definition) is 1. The first kappa shape index (κ1) is 15.5. The second kappa shape index (κ2) is 5.92. The SMILES string of the molecule is COc1ccc(N)cc1-c1nc2cc(-c3occ4ccccc34)ccc2o1. The van der Waals surface area contributed by atoms with E-state index in [0.29, 0.717) is 22.9 Å². The van der Waals surface area contributed by atoms with Crippen LogP contribution in [0.5, 0.6) is 5.75 Å². The number of rotatable bonds is 3. The molecule has 5 aromatic rings. The number of nitrogen functional groups attached to an aromatic ring is 1. The first-order valence-corrected chi connectivity index (χ1v) is 8.54. The van der Waals surface area contributed by atoms with Crippen LogP contribution in [0.2, 0.25) is 0 Å². The van der Waals surface area contributed by atoms with Crippen LogP contribution in [-0.2, 0) is 0 Å². The van der Waals surface area contributed by atoms with E-state index in [-0.39, 0.29) is 0 Å². The minimum absolute atomic E-state index is 0.468. The quantitative estimate of drug-likeness (QED) is 0.432. The zero-order valence-electron chi connectivity index (χ0n) is 14.6. The normalized spacial score (nSPS) is 11.3. The summed E-state index contributed by atoms with van der Waals surface area (Å²) in [4.78, 5) is 4.64. The van der Waals surface area contributed by atoms with Crippen molar-refractivity contribution in [3.05, 3.63) is 66.9 Å². The van der Waals surface area contributed by atoms with E-state index >= 15 is 0 Å². The molecule has 132 valence electrons. The molecule has 0 bridgehead atoms. The highest BCUT2D eigenvalue weighted by Gasteiger charge is 2.15. The van der Waals surface area contributed by atoms with E-state index in [0.717, 1.165) is 33.2 Å². The molecule has 5 heteroatoms. The highest BCUT2D eigenvalue weighted by molar-refractivity contribution is 5.95. The zero-order valence-corrected chi connectivity index (χ0v) is 14.6. The zero-order chi connectivity index (χ0) is 18.4. The topological polar surface area (TPSA) is 74.4 Å². The van der Waals surface area contributed by atoms with Crippen molar-refractivity contribution in [3.8, 4) is 28.5 Å². The molecule has 3 aromatic carbocycles. The molecule has 5 rings (SSSR count). The lowest BCUT2D eigenvalue weighted by Gasteiger charge is -2.05. The maximum absolute atomic E-state index is 5.93. The van der Waals surface area contributed by atoms with Gasteiger partial charge in [-0.25, -0.2) is 4.98 Å². The van der Waals surface area contributed by atoms with E-state index in [1.807, 2.05) is 42.5 Å². The minimum Gasteiger partial charge on any atom is -0.496 e. The van der Waals surface area contributed by atoms with Crippen LogP contribution in [0.1, 0.15) is 0 Å². The fourth-order valence-corrected chi connectivity index (χ4v) is 3.29. The highest BCUT2D eigenvalue weighted by Crippen LogP contribution is 2.36. The highest BCUT2D eigenvalue weighted by atomic mass is 16.5. The Hall–Kier alpha value is -3.73. The van der Waals surface area contributed by atoms with Crippen molar-refractivity contribution in [2.45, 2.75) is 0 Å². The third-order valence-corrected chi connectivity index (χ3v) is 4.61. The van der Waals surface area contributed by atoms with Crippen molar-refractivity contribution in [3.63, 3.8) is 0 Å². The summed E-state index contributed by atoms with van der Waals surface area (Å²) >= 11 is 0. The molecule has 0 aliphatic carbocycles. The van der Waals surface area contributed by atoms with E-state index in [9.17, 15) is 0 Å². The summed E-state index contributed by atoms with van der Waals surface area (Å²) in [6.45, 7) is 0. The van der Waals surface area contributed by atoms with Crippen LogP contribution < -0.4 is 10.5 Å². The Morgan fingerprint density at radius 2 is 1.89 bits per heavy atom. The van der Waals surface area contributed by atoms with Gasteiger partial charge >= 0.3 is 0 Å². The van der Waals surface area contributed by atoms with Crippen LogP contribution in [0, 0.1) is 0 Å². The minimum atomic E-state index is 0.468. The molecule has 0 fully saturated rings. The Morgan fingerprint density at radius 3 is 2.78 bits per heavy atom. The monoisotopic (exact) mass is 356 g/mol. The second-order valence-corrected chi connectivity index (χ2v) is 6.31. The van der Waals surface area contributed by atoms with Gasteiger partial charge < -0.3 is 19.3 Å². The number of ether oxygens (including phenoxy) is 1. The smallest absolute Gasteiger partial charge is 0.231 e. The number of methoxy groups -OCH3 is 1. The molecule has 2 heterocycles. The summed E-state index contributed by atoms with van der Waals surface area (Å²) in [7, 11) is 1.61. The molecule has 27 heavy (non-hydrogen) atoms. The second-order valence-electron chi connectivity index (χ2n) is 6.31. The van der Waals surface area contributed by atoms with Crippen molar-refractivity contribution < 1.29 is 13.6 Å². The molecule has 0 saturated heterocycles. The van der Waals surface area contributed by atoms with E-state index in [4.69, 9.17) is 19.3 Å². The van der Waals surface area contributed by atoms with Crippen LogP contribution in [0.3, 0.4) is 0 Å². The molecule has 2 N–H and O–H groups in total. The maximum Gasteiger partial charge on any atom is 0.231 e. The van der Waals surface area contributed by atoms with Crippen molar-refractivity contribution in [1.29, 1.82) is 0 Å². The molecule has 0 aliphatic heterocycles. The largest absolute Gasteiger partial charge is 0.496 e. The van der Waals surface area contributed by atoms with Crippen LogP contribution in [0.25, 0.3) is 44.7 Å². The lowest BCUT2D eigenvalue weighted by atomic mass is 10.1. The number of hydrogen-bond acceptors (Lipinski definition) is 5.